The maximum absolute atomic E-state index is 12.3. The highest BCUT2D eigenvalue weighted by atomic mass is 35.5. The number of esters is 1. The molecule has 2 heterocycles. The number of carbonyl (C=O) groups is 3. The number of nitrogens with zero attached hydrogens (tertiary/aromatic N) is 2. The lowest BCUT2D eigenvalue weighted by atomic mass is 10.2. The first-order valence-electron chi connectivity index (χ1n) is 7.96. The molecular weight excluding hydrogens is 378 g/mol. The molecule has 1 aromatic rings. The maximum Gasteiger partial charge on any atom is 0.330 e. The number of hydrogen-bond acceptors (Lipinski definition) is 6. The Morgan fingerprint density at radius 2 is 2.31 bits per heavy atom. The molecule has 0 radical (unpaired) electrons. The number of ether oxygens (including phenoxy) is 1. The third-order valence-corrected chi connectivity index (χ3v) is 6.25. The molecule has 0 saturated carbocycles. The summed E-state index contributed by atoms with van der Waals surface area (Å²) in [6, 6.07) is 5.73. The van der Waals surface area contributed by atoms with Crippen molar-refractivity contribution in [1.82, 2.24) is 4.90 Å². The number of nitrogens with one attached hydrogen (secondary N) is 1. The average molecular weight is 394 g/mol. The first kappa shape index (κ1) is 18.5. The Kier molecular flexibility index (Phi) is 5.12. The number of rotatable bonds is 4. The number of nitriles is 1. The van der Waals surface area contributed by atoms with Gasteiger partial charge in [-0.15, -0.1) is 11.8 Å². The van der Waals surface area contributed by atoms with Gasteiger partial charge in [-0.3, -0.25) is 9.59 Å². The molecule has 2 fully saturated rings. The van der Waals surface area contributed by atoms with Crippen molar-refractivity contribution in [3.05, 3.63) is 28.8 Å². The lowest BCUT2D eigenvalue weighted by molar-refractivity contribution is -0.155. The summed E-state index contributed by atoms with van der Waals surface area (Å²) in [5.74, 6) is -0.700. The lowest BCUT2D eigenvalue weighted by Crippen LogP contribution is -2.47. The fraction of sp³-hybridized carbons (Fsp3) is 0.412. The molecule has 2 amide bonds. The molecule has 26 heavy (non-hydrogen) atoms. The Bertz CT molecular complexity index is 825. The van der Waals surface area contributed by atoms with Gasteiger partial charge >= 0.3 is 5.97 Å². The SMILES string of the molecule is C[C@]12CCC(=O)N1[C@@H](C(=O)OCC(=O)Nc1ccc(C#N)c(Cl)c1)CS2. The minimum absolute atomic E-state index is 0.0591. The number of thioether (sulfide) groups is 1. The highest BCUT2D eigenvalue weighted by molar-refractivity contribution is 8.01. The van der Waals surface area contributed by atoms with Crippen LogP contribution in [0, 0.1) is 11.3 Å². The number of fused-ring (bicyclic) bond motifs is 1. The standard InChI is InChI=1S/C17H16ClN3O4S/c1-17-5-4-15(23)21(17)13(9-26-17)16(24)25-8-14(22)20-11-3-2-10(7-19)12(18)6-11/h2-3,6,13H,4-5,8-9H2,1H3,(H,20,22)/t13-,17+/m1/s1. The van der Waals surface area contributed by atoms with Crippen LogP contribution in [0.2, 0.25) is 5.02 Å². The third-order valence-electron chi connectivity index (χ3n) is 4.44. The summed E-state index contributed by atoms with van der Waals surface area (Å²) in [7, 11) is 0. The Labute approximate surface area is 159 Å². The number of benzene rings is 1. The summed E-state index contributed by atoms with van der Waals surface area (Å²) in [6.45, 7) is 1.48. The van der Waals surface area contributed by atoms with Crippen molar-refractivity contribution in [1.29, 1.82) is 5.26 Å². The van der Waals surface area contributed by atoms with Crippen molar-refractivity contribution in [2.75, 3.05) is 17.7 Å². The minimum Gasteiger partial charge on any atom is -0.454 e. The van der Waals surface area contributed by atoms with Crippen LogP contribution in [0.3, 0.4) is 0 Å². The summed E-state index contributed by atoms with van der Waals surface area (Å²) in [4.78, 5) is 37.5. The smallest absolute Gasteiger partial charge is 0.330 e. The van der Waals surface area contributed by atoms with Gasteiger partial charge in [-0.1, -0.05) is 11.6 Å². The van der Waals surface area contributed by atoms with E-state index in [2.05, 4.69) is 5.32 Å². The minimum atomic E-state index is -0.655. The molecular formula is C17H16ClN3O4S. The molecule has 0 spiro atoms. The van der Waals surface area contributed by atoms with Crippen LogP contribution in [0.5, 0.6) is 0 Å². The molecule has 1 N–H and O–H groups in total. The van der Waals surface area contributed by atoms with Gasteiger partial charge < -0.3 is 15.0 Å². The zero-order chi connectivity index (χ0) is 18.9. The van der Waals surface area contributed by atoms with Crippen LogP contribution in [0.15, 0.2) is 18.2 Å². The normalized spacial score (nSPS) is 24.1. The number of halogens is 1. The number of amides is 2. The van der Waals surface area contributed by atoms with Gasteiger partial charge in [0, 0.05) is 17.9 Å². The number of anilines is 1. The quantitative estimate of drug-likeness (QED) is 0.787. The molecule has 3 rings (SSSR count). The topological polar surface area (TPSA) is 99.5 Å². The second-order valence-corrected chi connectivity index (χ2v) is 8.14. The molecule has 136 valence electrons. The number of carbonyl (C=O) groups excluding carboxylic acids is 3. The van der Waals surface area contributed by atoms with Crippen molar-refractivity contribution < 1.29 is 19.1 Å². The van der Waals surface area contributed by atoms with Crippen LogP contribution in [0.4, 0.5) is 5.69 Å². The molecule has 2 aliphatic heterocycles. The largest absolute Gasteiger partial charge is 0.454 e. The molecule has 2 saturated heterocycles. The lowest BCUT2D eigenvalue weighted by Gasteiger charge is -2.29. The Hall–Kier alpha value is -2.24. The zero-order valence-corrected chi connectivity index (χ0v) is 15.5. The van der Waals surface area contributed by atoms with Crippen LogP contribution < -0.4 is 5.32 Å². The summed E-state index contributed by atoms with van der Waals surface area (Å²) in [5.41, 5.74) is 0.696. The molecule has 7 nitrogen and oxygen atoms in total. The van der Waals surface area contributed by atoms with Crippen LogP contribution in [0.25, 0.3) is 0 Å². The van der Waals surface area contributed by atoms with E-state index in [4.69, 9.17) is 21.6 Å². The first-order valence-corrected chi connectivity index (χ1v) is 9.33. The monoisotopic (exact) mass is 393 g/mol. The van der Waals surface area contributed by atoms with Crippen molar-refractivity contribution in [2.45, 2.75) is 30.7 Å². The van der Waals surface area contributed by atoms with E-state index in [1.165, 1.54) is 18.2 Å². The predicted octanol–water partition coefficient (Wildman–Crippen LogP) is 2.15. The van der Waals surface area contributed by atoms with Gasteiger partial charge in [-0.2, -0.15) is 5.26 Å². The van der Waals surface area contributed by atoms with Crippen molar-refractivity contribution in [3.8, 4) is 6.07 Å². The fourth-order valence-corrected chi connectivity index (χ4v) is 4.75. The molecule has 2 atom stereocenters. The summed E-state index contributed by atoms with van der Waals surface area (Å²) >= 11 is 7.47. The van der Waals surface area contributed by atoms with E-state index in [1.807, 2.05) is 13.0 Å². The van der Waals surface area contributed by atoms with E-state index in [-0.39, 0.29) is 15.8 Å². The van der Waals surface area contributed by atoms with Crippen LogP contribution in [-0.4, -0.2) is 46.0 Å². The van der Waals surface area contributed by atoms with Gasteiger partial charge in [0.15, 0.2) is 6.61 Å². The maximum atomic E-state index is 12.3. The predicted molar refractivity (Wildman–Crippen MR) is 96.5 cm³/mol. The molecule has 2 aliphatic rings. The highest BCUT2D eigenvalue weighted by Gasteiger charge is 2.53. The van der Waals surface area contributed by atoms with E-state index in [0.717, 1.165) is 0 Å². The van der Waals surface area contributed by atoms with Gasteiger partial charge in [0.25, 0.3) is 5.91 Å². The summed E-state index contributed by atoms with van der Waals surface area (Å²) in [5, 5.41) is 11.6. The fourth-order valence-electron chi connectivity index (χ4n) is 3.11. The zero-order valence-electron chi connectivity index (χ0n) is 14.0. The van der Waals surface area contributed by atoms with Crippen LogP contribution in [0.1, 0.15) is 25.3 Å². The second-order valence-electron chi connectivity index (χ2n) is 6.23. The molecule has 0 aromatic heterocycles. The second kappa shape index (κ2) is 7.17. The van der Waals surface area contributed by atoms with Crippen molar-refractivity contribution >= 4 is 46.8 Å². The van der Waals surface area contributed by atoms with Gasteiger partial charge in [-0.25, -0.2) is 4.79 Å². The highest BCUT2D eigenvalue weighted by Crippen LogP contribution is 2.47. The Morgan fingerprint density at radius 3 is 3.00 bits per heavy atom. The van der Waals surface area contributed by atoms with E-state index in [9.17, 15) is 14.4 Å². The van der Waals surface area contributed by atoms with Crippen LogP contribution >= 0.6 is 23.4 Å². The van der Waals surface area contributed by atoms with Gasteiger partial charge in [-0.05, 0) is 31.5 Å². The third kappa shape index (κ3) is 3.50. The average Bonchev–Trinajstić information content (AvgIpc) is 3.09. The molecule has 9 heteroatoms. The van der Waals surface area contributed by atoms with Gasteiger partial charge in [0.1, 0.15) is 12.1 Å². The molecule has 1 aromatic carbocycles. The van der Waals surface area contributed by atoms with E-state index in [1.54, 1.807) is 16.7 Å². The van der Waals surface area contributed by atoms with Gasteiger partial charge in [0.2, 0.25) is 5.91 Å². The van der Waals surface area contributed by atoms with Crippen LogP contribution in [-0.2, 0) is 19.1 Å². The Balaban J connectivity index is 1.55. The molecule has 0 aliphatic carbocycles. The van der Waals surface area contributed by atoms with Crippen molar-refractivity contribution in [2.24, 2.45) is 0 Å². The van der Waals surface area contributed by atoms with E-state index < -0.39 is 24.5 Å². The van der Waals surface area contributed by atoms with Gasteiger partial charge in [0.05, 0.1) is 15.5 Å². The van der Waals surface area contributed by atoms with E-state index in [0.29, 0.717) is 29.8 Å². The molecule has 0 bridgehead atoms. The first-order chi connectivity index (χ1) is 12.3. The summed E-state index contributed by atoms with van der Waals surface area (Å²) in [6.07, 6.45) is 1.13. The van der Waals surface area contributed by atoms with E-state index >= 15 is 0 Å². The Morgan fingerprint density at radius 1 is 1.54 bits per heavy atom. The molecule has 0 unspecified atom stereocenters. The number of hydrogen-bond donors (Lipinski definition) is 1. The van der Waals surface area contributed by atoms with Crippen molar-refractivity contribution in [3.63, 3.8) is 0 Å². The summed E-state index contributed by atoms with van der Waals surface area (Å²) < 4.78 is 5.09.